The molecule has 14 nitrogen and oxygen atoms in total. The molecule has 0 aliphatic carbocycles. The highest BCUT2D eigenvalue weighted by atomic mass is 16.6. The molecule has 0 bridgehead atoms. The molecule has 1 saturated heterocycles. The van der Waals surface area contributed by atoms with Crippen LogP contribution in [-0.4, -0.2) is 137 Å². The molecule has 29 heavy (non-hydrogen) atoms. The second-order valence-corrected chi connectivity index (χ2v) is 6.49. The van der Waals surface area contributed by atoms with Crippen molar-refractivity contribution in [2.75, 3.05) is 19.8 Å². The lowest BCUT2D eigenvalue weighted by Gasteiger charge is -2.33. The van der Waals surface area contributed by atoms with Crippen molar-refractivity contribution in [1.82, 2.24) is 0 Å². The van der Waals surface area contributed by atoms with Crippen molar-refractivity contribution < 1.29 is 65.4 Å². The molecule has 0 saturated carbocycles. The van der Waals surface area contributed by atoms with Crippen LogP contribution in [0.5, 0.6) is 0 Å². The number of rotatable bonds is 9. The minimum absolute atomic E-state index is 0.731. The standard InChI is InChI=1S/C12H22O11.C3H7NO2/c13-1-4(16)6(17)8(19)9(20)11(22)12(3-15)10(21)7(18)5(2-14)23-12;1-2(4)3(5)6/h4-10,13-21H,1-3H2;2H,4H2,1H3,(H,5,6)/t4?,5-,6?,7-,8?,9?,10+,12?;/m1./s1. The predicted molar refractivity (Wildman–Crippen MR) is 91.2 cm³/mol. The van der Waals surface area contributed by atoms with Gasteiger partial charge in [0.1, 0.15) is 48.8 Å². The van der Waals surface area contributed by atoms with E-state index in [-0.39, 0.29) is 0 Å². The van der Waals surface area contributed by atoms with Crippen LogP contribution in [0.4, 0.5) is 0 Å². The zero-order valence-electron chi connectivity index (χ0n) is 15.5. The van der Waals surface area contributed by atoms with Gasteiger partial charge in [0.2, 0.25) is 5.78 Å². The molecule has 9 atom stereocenters. The zero-order chi connectivity index (χ0) is 23.1. The largest absolute Gasteiger partial charge is 0.480 e. The van der Waals surface area contributed by atoms with Crippen LogP contribution >= 0.6 is 0 Å². The monoisotopic (exact) mass is 431 g/mol. The number of ketones is 1. The Kier molecular flexibility index (Phi) is 11.2. The van der Waals surface area contributed by atoms with E-state index in [0.717, 1.165) is 0 Å². The number of nitrogens with two attached hydrogens (primary N) is 1. The number of carboxylic acids is 1. The molecule has 1 rings (SSSR count). The number of ether oxygens (including phenoxy) is 1. The Balaban J connectivity index is 0.00000113. The van der Waals surface area contributed by atoms with E-state index in [2.05, 4.69) is 0 Å². The lowest BCUT2D eigenvalue weighted by molar-refractivity contribution is -0.181. The number of hydrogen-bond acceptors (Lipinski definition) is 13. The first kappa shape index (κ1) is 27.7. The maximum absolute atomic E-state index is 12.3. The molecular weight excluding hydrogens is 402 g/mol. The van der Waals surface area contributed by atoms with Gasteiger partial charge in [0.05, 0.1) is 19.8 Å². The molecular formula is C15H29NO13. The third-order valence-corrected chi connectivity index (χ3v) is 4.29. The van der Waals surface area contributed by atoms with E-state index < -0.39 is 85.9 Å². The Hall–Kier alpha value is -1.30. The van der Waals surface area contributed by atoms with E-state index in [0.29, 0.717) is 0 Å². The molecule has 1 aliphatic rings. The minimum Gasteiger partial charge on any atom is -0.480 e. The summed E-state index contributed by atoms with van der Waals surface area (Å²) < 4.78 is 4.96. The number of aliphatic hydroxyl groups is 9. The first-order valence-corrected chi connectivity index (χ1v) is 8.43. The fourth-order valence-corrected chi connectivity index (χ4v) is 2.37. The maximum Gasteiger partial charge on any atom is 0.320 e. The van der Waals surface area contributed by atoms with E-state index >= 15 is 0 Å². The van der Waals surface area contributed by atoms with Gasteiger partial charge in [0.25, 0.3) is 0 Å². The fourth-order valence-electron chi connectivity index (χ4n) is 2.37. The highest BCUT2D eigenvalue weighted by Gasteiger charge is 2.60. The fraction of sp³-hybridized carbons (Fsp3) is 0.867. The molecule has 0 aromatic heterocycles. The van der Waals surface area contributed by atoms with Crippen molar-refractivity contribution in [2.24, 2.45) is 5.73 Å². The topological polar surface area (TPSA) is 272 Å². The average Bonchev–Trinajstić information content (AvgIpc) is 2.96. The summed E-state index contributed by atoms with van der Waals surface area (Å²) in [6.07, 6.45) is -13.8. The molecule has 12 N–H and O–H groups in total. The number of hydrogen-bond donors (Lipinski definition) is 11. The van der Waals surface area contributed by atoms with Gasteiger partial charge < -0.3 is 61.5 Å². The summed E-state index contributed by atoms with van der Waals surface area (Å²) in [5.41, 5.74) is 2.30. The summed E-state index contributed by atoms with van der Waals surface area (Å²) in [4.78, 5) is 21.8. The summed E-state index contributed by atoms with van der Waals surface area (Å²) in [6.45, 7) is -1.53. The lowest BCUT2D eigenvalue weighted by atomic mass is 9.85. The van der Waals surface area contributed by atoms with Crippen LogP contribution in [0, 0.1) is 0 Å². The van der Waals surface area contributed by atoms with Crippen molar-refractivity contribution >= 4 is 11.8 Å². The van der Waals surface area contributed by atoms with Gasteiger partial charge in [-0.25, -0.2) is 0 Å². The molecule has 6 unspecified atom stereocenters. The average molecular weight is 431 g/mol. The highest BCUT2D eigenvalue weighted by Crippen LogP contribution is 2.33. The minimum atomic E-state index is -2.53. The molecule has 0 aromatic carbocycles. The Labute approximate surface area is 165 Å². The molecule has 14 heteroatoms. The lowest BCUT2D eigenvalue weighted by Crippen LogP contribution is -2.60. The SMILES string of the molecule is CC(N)C(=O)O.O=C(C(O)C(O)C(O)C(O)CO)C1(CO)O[C@H](CO)[C@@H](O)[C@@H]1O. The van der Waals surface area contributed by atoms with E-state index in [1.54, 1.807) is 0 Å². The van der Waals surface area contributed by atoms with Gasteiger partial charge in [-0.05, 0) is 6.92 Å². The van der Waals surface area contributed by atoms with Gasteiger partial charge in [0, 0.05) is 0 Å². The van der Waals surface area contributed by atoms with Gasteiger partial charge >= 0.3 is 5.97 Å². The van der Waals surface area contributed by atoms with Gasteiger partial charge in [-0.1, -0.05) is 0 Å². The van der Waals surface area contributed by atoms with Gasteiger partial charge in [-0.15, -0.1) is 0 Å². The van der Waals surface area contributed by atoms with Crippen molar-refractivity contribution in [3.63, 3.8) is 0 Å². The van der Waals surface area contributed by atoms with Crippen LogP contribution < -0.4 is 5.73 Å². The molecule has 0 amide bonds. The Morgan fingerprint density at radius 1 is 1.07 bits per heavy atom. The summed E-state index contributed by atoms with van der Waals surface area (Å²) in [5, 5.41) is 92.7. The number of aliphatic carboxylic acids is 1. The van der Waals surface area contributed by atoms with Gasteiger partial charge in [0.15, 0.2) is 5.60 Å². The van der Waals surface area contributed by atoms with Crippen LogP contribution in [-0.2, 0) is 14.3 Å². The zero-order valence-corrected chi connectivity index (χ0v) is 15.5. The van der Waals surface area contributed by atoms with Crippen molar-refractivity contribution in [2.45, 2.75) is 61.3 Å². The third kappa shape index (κ3) is 6.34. The summed E-state index contributed by atoms with van der Waals surface area (Å²) in [7, 11) is 0. The van der Waals surface area contributed by atoms with Crippen LogP contribution in [0.25, 0.3) is 0 Å². The second-order valence-electron chi connectivity index (χ2n) is 6.49. The normalized spacial score (nSPS) is 31.8. The summed E-state index contributed by atoms with van der Waals surface area (Å²) in [5.74, 6) is -2.44. The highest BCUT2D eigenvalue weighted by molar-refractivity contribution is 5.93. The molecule has 0 aromatic rings. The summed E-state index contributed by atoms with van der Waals surface area (Å²) in [6, 6.07) is -0.731. The summed E-state index contributed by atoms with van der Waals surface area (Å²) >= 11 is 0. The smallest absolute Gasteiger partial charge is 0.320 e. The molecule has 1 fully saturated rings. The van der Waals surface area contributed by atoms with E-state index in [9.17, 15) is 45.3 Å². The predicted octanol–water partition coefficient (Wildman–Crippen LogP) is -6.75. The van der Waals surface area contributed by atoms with Crippen molar-refractivity contribution in [3.8, 4) is 0 Å². The maximum atomic E-state index is 12.3. The Bertz CT molecular complexity index is 532. The Morgan fingerprint density at radius 3 is 1.86 bits per heavy atom. The molecule has 1 heterocycles. The van der Waals surface area contributed by atoms with Crippen LogP contribution in [0.2, 0.25) is 0 Å². The van der Waals surface area contributed by atoms with Crippen LogP contribution in [0.15, 0.2) is 0 Å². The third-order valence-electron chi connectivity index (χ3n) is 4.29. The first-order chi connectivity index (χ1) is 13.3. The molecule has 172 valence electrons. The van der Waals surface area contributed by atoms with Crippen LogP contribution in [0.3, 0.4) is 0 Å². The number of aliphatic hydroxyl groups excluding tert-OH is 9. The van der Waals surface area contributed by atoms with E-state index in [4.69, 9.17) is 25.8 Å². The van der Waals surface area contributed by atoms with Gasteiger partial charge in [-0.2, -0.15) is 0 Å². The molecule has 1 aliphatic heterocycles. The molecule has 0 radical (unpaired) electrons. The quantitative estimate of drug-likeness (QED) is 0.162. The van der Waals surface area contributed by atoms with E-state index in [1.165, 1.54) is 6.92 Å². The van der Waals surface area contributed by atoms with Crippen molar-refractivity contribution in [3.05, 3.63) is 0 Å². The molecule has 0 spiro atoms. The number of carbonyl (C=O) groups is 2. The van der Waals surface area contributed by atoms with E-state index in [1.807, 2.05) is 0 Å². The first-order valence-electron chi connectivity index (χ1n) is 8.43. The number of carboxylic acid groups (broad SMARTS) is 1. The van der Waals surface area contributed by atoms with Crippen molar-refractivity contribution in [1.29, 1.82) is 0 Å². The number of carbonyl (C=O) groups excluding carboxylic acids is 1. The van der Waals surface area contributed by atoms with Gasteiger partial charge in [-0.3, -0.25) is 9.59 Å². The second kappa shape index (κ2) is 11.8. The number of Topliss-reactive ketones (excluding diaryl/α,β-unsaturated/α-hetero) is 1. The Morgan fingerprint density at radius 2 is 1.55 bits per heavy atom. The van der Waals surface area contributed by atoms with Crippen LogP contribution in [0.1, 0.15) is 6.92 Å².